The maximum atomic E-state index is 11.9. The van der Waals surface area contributed by atoms with Crippen LogP contribution in [0.5, 0.6) is 0 Å². The van der Waals surface area contributed by atoms with Crippen molar-refractivity contribution in [2.45, 2.75) is 6.92 Å². The number of nitrogens with zero attached hydrogens (tertiary/aromatic N) is 3. The van der Waals surface area contributed by atoms with Crippen LogP contribution in [0.1, 0.15) is 6.92 Å². The van der Waals surface area contributed by atoms with Gasteiger partial charge in [0.25, 0.3) is 5.56 Å². The minimum absolute atomic E-state index is 0.0757. The fraction of sp³-hybridized carbons (Fsp3) is 0.636. The number of hydrogen-bond acceptors (Lipinski definition) is 4. The van der Waals surface area contributed by atoms with Crippen molar-refractivity contribution < 1.29 is 5.11 Å². The van der Waals surface area contributed by atoms with Crippen LogP contribution in [0.2, 0.25) is 0 Å². The lowest BCUT2D eigenvalue weighted by Gasteiger charge is -2.16. The van der Waals surface area contributed by atoms with Crippen molar-refractivity contribution in [1.82, 2.24) is 9.55 Å². The fourth-order valence-corrected chi connectivity index (χ4v) is 2.15. The molecule has 1 aromatic rings. The van der Waals surface area contributed by atoms with E-state index in [1.54, 1.807) is 19.4 Å². The summed E-state index contributed by atoms with van der Waals surface area (Å²) < 4.78 is 1.53. The van der Waals surface area contributed by atoms with Gasteiger partial charge >= 0.3 is 0 Å². The van der Waals surface area contributed by atoms with E-state index >= 15 is 0 Å². The molecule has 0 amide bonds. The molecule has 0 unspecified atom stereocenters. The van der Waals surface area contributed by atoms with E-state index in [2.05, 4.69) is 11.9 Å². The summed E-state index contributed by atoms with van der Waals surface area (Å²) in [4.78, 5) is 18.0. The maximum absolute atomic E-state index is 11.9. The Morgan fingerprint density at radius 3 is 2.94 bits per heavy atom. The summed E-state index contributed by atoms with van der Waals surface area (Å²) >= 11 is 0. The molecule has 1 aliphatic heterocycles. The second-order valence-electron chi connectivity index (χ2n) is 4.49. The minimum atomic E-state index is -0.0757. The van der Waals surface area contributed by atoms with E-state index in [0.717, 1.165) is 6.54 Å². The van der Waals surface area contributed by atoms with Crippen molar-refractivity contribution in [3.05, 3.63) is 22.7 Å². The van der Waals surface area contributed by atoms with Gasteiger partial charge in [-0.25, -0.2) is 4.98 Å². The zero-order valence-corrected chi connectivity index (χ0v) is 9.63. The second-order valence-corrected chi connectivity index (χ2v) is 4.49. The van der Waals surface area contributed by atoms with Crippen LogP contribution in [0.3, 0.4) is 0 Å². The lowest BCUT2D eigenvalue weighted by Crippen LogP contribution is -2.31. The topological polar surface area (TPSA) is 58.4 Å². The first-order chi connectivity index (χ1) is 7.63. The van der Waals surface area contributed by atoms with Crippen LogP contribution in [-0.2, 0) is 7.05 Å². The number of aryl methyl sites for hydroxylation is 1. The quantitative estimate of drug-likeness (QED) is 0.757. The minimum Gasteiger partial charge on any atom is -0.396 e. The summed E-state index contributed by atoms with van der Waals surface area (Å²) in [6.45, 7) is 3.76. The highest BCUT2D eigenvalue weighted by Crippen LogP contribution is 2.24. The Bertz CT molecular complexity index is 429. The summed E-state index contributed by atoms with van der Waals surface area (Å²) in [7, 11) is 1.72. The molecule has 2 rings (SSSR count). The van der Waals surface area contributed by atoms with Gasteiger partial charge in [-0.1, -0.05) is 6.92 Å². The van der Waals surface area contributed by atoms with Gasteiger partial charge in [0.1, 0.15) is 0 Å². The normalized spacial score (nSPS) is 25.1. The van der Waals surface area contributed by atoms with Crippen LogP contribution in [0.15, 0.2) is 17.2 Å². The van der Waals surface area contributed by atoms with E-state index in [4.69, 9.17) is 0 Å². The molecule has 1 aliphatic rings. The molecule has 1 N–H and O–H groups in total. The van der Waals surface area contributed by atoms with Crippen LogP contribution < -0.4 is 10.5 Å². The van der Waals surface area contributed by atoms with Gasteiger partial charge in [-0.15, -0.1) is 0 Å². The summed E-state index contributed by atoms with van der Waals surface area (Å²) in [6.07, 6.45) is 3.28. The average Bonchev–Trinajstić information content (AvgIpc) is 2.63. The molecule has 0 aromatic carbocycles. The molecule has 0 aliphatic carbocycles. The molecule has 5 nitrogen and oxygen atoms in total. The SMILES string of the molecule is C[C@@H]1CN(c2nccn(C)c2=O)C[C@H]1CO. The number of anilines is 1. The van der Waals surface area contributed by atoms with E-state index < -0.39 is 0 Å². The zero-order valence-electron chi connectivity index (χ0n) is 9.63. The van der Waals surface area contributed by atoms with E-state index in [1.807, 2.05) is 4.90 Å². The number of hydrogen-bond donors (Lipinski definition) is 1. The Kier molecular flexibility index (Phi) is 2.96. The number of rotatable bonds is 2. The molecule has 88 valence electrons. The van der Waals surface area contributed by atoms with Crippen LogP contribution in [0.25, 0.3) is 0 Å². The lowest BCUT2D eigenvalue weighted by atomic mass is 10.00. The number of aliphatic hydroxyl groups is 1. The Labute approximate surface area is 94.3 Å². The van der Waals surface area contributed by atoms with Crippen molar-refractivity contribution in [2.75, 3.05) is 24.6 Å². The Hall–Kier alpha value is -1.36. The van der Waals surface area contributed by atoms with Crippen LogP contribution in [0.4, 0.5) is 5.82 Å². The Morgan fingerprint density at radius 1 is 1.56 bits per heavy atom. The molecule has 0 spiro atoms. The van der Waals surface area contributed by atoms with Crippen LogP contribution in [0, 0.1) is 11.8 Å². The highest BCUT2D eigenvalue weighted by atomic mass is 16.3. The molecule has 2 atom stereocenters. The molecule has 1 aromatic heterocycles. The van der Waals surface area contributed by atoms with Gasteiger partial charge in [0.2, 0.25) is 0 Å². The van der Waals surface area contributed by atoms with Crippen LogP contribution in [-0.4, -0.2) is 34.4 Å². The van der Waals surface area contributed by atoms with E-state index in [1.165, 1.54) is 4.57 Å². The van der Waals surface area contributed by atoms with Gasteiger partial charge in [-0.2, -0.15) is 0 Å². The Morgan fingerprint density at radius 2 is 2.31 bits per heavy atom. The third-order valence-corrected chi connectivity index (χ3v) is 3.30. The molecule has 2 heterocycles. The maximum Gasteiger partial charge on any atom is 0.293 e. The molecule has 5 heteroatoms. The van der Waals surface area contributed by atoms with Gasteiger partial charge in [0.15, 0.2) is 5.82 Å². The van der Waals surface area contributed by atoms with Crippen molar-refractivity contribution in [3.63, 3.8) is 0 Å². The average molecular weight is 223 g/mol. The molecular weight excluding hydrogens is 206 g/mol. The smallest absolute Gasteiger partial charge is 0.293 e. The third kappa shape index (κ3) is 1.82. The van der Waals surface area contributed by atoms with Gasteiger partial charge in [-0.3, -0.25) is 4.79 Å². The van der Waals surface area contributed by atoms with Gasteiger partial charge in [0, 0.05) is 45.1 Å². The first-order valence-corrected chi connectivity index (χ1v) is 5.51. The van der Waals surface area contributed by atoms with Crippen molar-refractivity contribution in [2.24, 2.45) is 18.9 Å². The number of aliphatic hydroxyl groups excluding tert-OH is 1. The predicted octanol–water partition coefficient (Wildman–Crippen LogP) is -0.155. The third-order valence-electron chi connectivity index (χ3n) is 3.30. The summed E-state index contributed by atoms with van der Waals surface area (Å²) in [5, 5.41) is 9.19. The largest absolute Gasteiger partial charge is 0.396 e. The van der Waals surface area contributed by atoms with Crippen LogP contribution >= 0.6 is 0 Å². The van der Waals surface area contributed by atoms with E-state index in [9.17, 15) is 9.90 Å². The van der Waals surface area contributed by atoms with Gasteiger partial charge in [0.05, 0.1) is 0 Å². The molecule has 0 saturated carbocycles. The molecule has 1 fully saturated rings. The van der Waals surface area contributed by atoms with Crippen molar-refractivity contribution in [1.29, 1.82) is 0 Å². The van der Waals surface area contributed by atoms with Crippen molar-refractivity contribution >= 4 is 5.82 Å². The highest BCUT2D eigenvalue weighted by Gasteiger charge is 2.30. The number of aromatic nitrogens is 2. The molecule has 1 saturated heterocycles. The zero-order chi connectivity index (χ0) is 11.7. The summed E-state index contributed by atoms with van der Waals surface area (Å²) in [5.41, 5.74) is -0.0757. The standard InChI is InChI=1S/C11H17N3O2/c1-8-5-14(6-9(8)7-15)10-11(16)13(2)4-3-12-10/h3-4,8-9,15H,5-7H2,1-2H3/t8-,9+/m1/s1. The predicted molar refractivity (Wildman–Crippen MR) is 61.4 cm³/mol. The lowest BCUT2D eigenvalue weighted by molar-refractivity contribution is 0.212. The fourth-order valence-electron chi connectivity index (χ4n) is 2.15. The first-order valence-electron chi connectivity index (χ1n) is 5.51. The van der Waals surface area contributed by atoms with Crippen molar-refractivity contribution in [3.8, 4) is 0 Å². The van der Waals surface area contributed by atoms with E-state index in [-0.39, 0.29) is 18.1 Å². The molecular formula is C11H17N3O2. The van der Waals surface area contributed by atoms with Gasteiger partial charge < -0.3 is 14.6 Å². The molecule has 0 bridgehead atoms. The van der Waals surface area contributed by atoms with Gasteiger partial charge in [-0.05, 0) is 5.92 Å². The molecule has 0 radical (unpaired) electrons. The highest BCUT2D eigenvalue weighted by molar-refractivity contribution is 5.37. The monoisotopic (exact) mass is 223 g/mol. The summed E-state index contributed by atoms with van der Waals surface area (Å²) in [5.74, 6) is 1.14. The second kappa shape index (κ2) is 4.25. The van der Waals surface area contributed by atoms with E-state index in [0.29, 0.717) is 18.3 Å². The Balaban J connectivity index is 2.27. The first kappa shape index (κ1) is 11.1. The molecule has 16 heavy (non-hydrogen) atoms. The summed E-state index contributed by atoms with van der Waals surface area (Å²) in [6, 6.07) is 0.